The van der Waals surface area contributed by atoms with E-state index in [1.54, 1.807) is 17.0 Å². The first kappa shape index (κ1) is 23.1. The van der Waals surface area contributed by atoms with Crippen LogP contribution in [0.1, 0.15) is 31.2 Å². The van der Waals surface area contributed by atoms with Gasteiger partial charge in [-0.25, -0.2) is 0 Å². The van der Waals surface area contributed by atoms with Crippen molar-refractivity contribution in [3.63, 3.8) is 0 Å². The summed E-state index contributed by atoms with van der Waals surface area (Å²) in [5.41, 5.74) is 1.48. The Balaban J connectivity index is 1.56. The Hall–Kier alpha value is -3.59. The smallest absolute Gasteiger partial charge is 0.270 e. The second-order valence-electron chi connectivity index (χ2n) is 7.28. The summed E-state index contributed by atoms with van der Waals surface area (Å²) in [6, 6.07) is 15.8. The van der Waals surface area contributed by atoms with Crippen molar-refractivity contribution in [3.8, 4) is 11.4 Å². The number of aromatic nitrogens is 2. The van der Waals surface area contributed by atoms with E-state index in [2.05, 4.69) is 17.1 Å². The maximum atomic E-state index is 12.7. The predicted molar refractivity (Wildman–Crippen MR) is 118 cm³/mol. The second kappa shape index (κ2) is 11.7. The lowest BCUT2D eigenvalue weighted by Crippen LogP contribution is -2.36. The Morgan fingerprint density at radius 3 is 2.72 bits per heavy atom. The highest BCUT2D eigenvalue weighted by molar-refractivity contribution is 5.77. The zero-order valence-corrected chi connectivity index (χ0v) is 18.0. The average Bonchev–Trinajstić information content (AvgIpc) is 3.29. The van der Waals surface area contributed by atoms with Crippen LogP contribution in [0.5, 0.6) is 0 Å². The van der Waals surface area contributed by atoms with Crippen molar-refractivity contribution in [3.05, 3.63) is 76.2 Å². The number of amides is 1. The molecule has 0 aliphatic heterocycles. The Morgan fingerprint density at radius 2 is 1.97 bits per heavy atom. The number of nitro groups is 1. The van der Waals surface area contributed by atoms with Gasteiger partial charge in [0.25, 0.3) is 5.69 Å². The standard InChI is InChI=1S/C23H26N4O5/c1-2-3-13-26(22(28)17-31-16-18-8-5-4-6-9-18)14-12-21-24-23(25-32-21)19-10-7-11-20(15-19)27(29)30/h4-11,15H,2-3,12-14,16-17H2,1H3. The third kappa shape index (κ3) is 6.71. The Kier molecular flexibility index (Phi) is 8.44. The fraction of sp³-hybridized carbons (Fsp3) is 0.348. The van der Waals surface area contributed by atoms with Crippen LogP contribution in [0, 0.1) is 10.1 Å². The molecule has 9 heteroatoms. The number of rotatable bonds is 12. The molecule has 9 nitrogen and oxygen atoms in total. The minimum absolute atomic E-state index is 0.00136. The van der Waals surface area contributed by atoms with E-state index in [0.29, 0.717) is 37.6 Å². The number of hydrogen-bond acceptors (Lipinski definition) is 7. The molecule has 0 atom stereocenters. The average molecular weight is 438 g/mol. The van der Waals surface area contributed by atoms with Crippen molar-refractivity contribution in [2.75, 3.05) is 19.7 Å². The third-order valence-corrected chi connectivity index (χ3v) is 4.85. The number of hydrogen-bond donors (Lipinski definition) is 0. The molecule has 0 bridgehead atoms. The lowest BCUT2D eigenvalue weighted by molar-refractivity contribution is -0.384. The highest BCUT2D eigenvalue weighted by Crippen LogP contribution is 2.21. The van der Waals surface area contributed by atoms with Gasteiger partial charge in [-0.1, -0.05) is 61.0 Å². The minimum Gasteiger partial charge on any atom is -0.367 e. The molecule has 3 rings (SSSR count). The van der Waals surface area contributed by atoms with E-state index in [9.17, 15) is 14.9 Å². The van der Waals surface area contributed by atoms with Crippen molar-refractivity contribution in [1.29, 1.82) is 0 Å². The highest BCUT2D eigenvalue weighted by atomic mass is 16.6. The van der Waals surface area contributed by atoms with Crippen LogP contribution in [0.4, 0.5) is 5.69 Å². The van der Waals surface area contributed by atoms with E-state index in [0.717, 1.165) is 18.4 Å². The van der Waals surface area contributed by atoms with Crippen LogP contribution in [0.15, 0.2) is 59.1 Å². The molecule has 0 fully saturated rings. The molecule has 0 aliphatic rings. The predicted octanol–water partition coefficient (Wildman–Crippen LogP) is 4.03. The van der Waals surface area contributed by atoms with Crippen molar-refractivity contribution in [2.24, 2.45) is 0 Å². The minimum atomic E-state index is -0.471. The van der Waals surface area contributed by atoms with Gasteiger partial charge in [-0.15, -0.1) is 0 Å². The molecular weight excluding hydrogens is 412 g/mol. The molecule has 0 spiro atoms. The van der Waals surface area contributed by atoms with Crippen molar-refractivity contribution in [2.45, 2.75) is 32.8 Å². The molecule has 1 heterocycles. The maximum Gasteiger partial charge on any atom is 0.270 e. The van der Waals surface area contributed by atoms with Crippen LogP contribution < -0.4 is 0 Å². The fourth-order valence-corrected chi connectivity index (χ4v) is 3.09. The van der Waals surface area contributed by atoms with E-state index in [4.69, 9.17) is 9.26 Å². The number of non-ortho nitro benzene ring substituents is 1. The number of carbonyl (C=O) groups excluding carboxylic acids is 1. The summed E-state index contributed by atoms with van der Waals surface area (Å²) < 4.78 is 10.9. The topological polar surface area (TPSA) is 112 Å². The molecule has 0 radical (unpaired) electrons. The highest BCUT2D eigenvalue weighted by Gasteiger charge is 2.17. The summed E-state index contributed by atoms with van der Waals surface area (Å²) in [6.07, 6.45) is 2.23. The van der Waals surface area contributed by atoms with E-state index < -0.39 is 4.92 Å². The number of ether oxygens (including phenoxy) is 1. The molecule has 0 saturated heterocycles. The van der Waals surface area contributed by atoms with Gasteiger partial charge in [0.05, 0.1) is 11.5 Å². The van der Waals surface area contributed by atoms with Gasteiger partial charge in [0.2, 0.25) is 17.6 Å². The number of carbonyl (C=O) groups is 1. The van der Waals surface area contributed by atoms with Crippen LogP contribution in [-0.4, -0.2) is 45.6 Å². The summed E-state index contributed by atoms with van der Waals surface area (Å²) in [5.74, 6) is 0.556. The van der Waals surface area contributed by atoms with Crippen LogP contribution in [0.2, 0.25) is 0 Å². The first-order valence-corrected chi connectivity index (χ1v) is 10.5. The van der Waals surface area contributed by atoms with Crippen LogP contribution in [0.25, 0.3) is 11.4 Å². The van der Waals surface area contributed by atoms with Gasteiger partial charge in [-0.3, -0.25) is 14.9 Å². The van der Waals surface area contributed by atoms with Gasteiger partial charge in [0.1, 0.15) is 6.61 Å². The van der Waals surface area contributed by atoms with E-state index in [-0.39, 0.29) is 24.0 Å². The number of benzene rings is 2. The van der Waals surface area contributed by atoms with Crippen LogP contribution >= 0.6 is 0 Å². The number of nitrogens with zero attached hydrogens (tertiary/aromatic N) is 4. The van der Waals surface area contributed by atoms with Crippen LogP contribution in [-0.2, 0) is 22.6 Å². The van der Waals surface area contributed by atoms with Gasteiger partial charge in [-0.2, -0.15) is 4.98 Å². The van der Waals surface area contributed by atoms with Crippen LogP contribution in [0.3, 0.4) is 0 Å². The van der Waals surface area contributed by atoms with Gasteiger partial charge < -0.3 is 14.2 Å². The number of nitro benzene ring substituents is 1. The molecule has 0 aliphatic carbocycles. The van der Waals surface area contributed by atoms with E-state index in [1.807, 2.05) is 30.3 Å². The Bertz CT molecular complexity index is 1020. The summed E-state index contributed by atoms with van der Waals surface area (Å²) in [4.78, 5) is 29.2. The lowest BCUT2D eigenvalue weighted by atomic mass is 10.2. The largest absolute Gasteiger partial charge is 0.367 e. The first-order chi connectivity index (χ1) is 15.6. The summed E-state index contributed by atoms with van der Waals surface area (Å²) in [6.45, 7) is 3.49. The maximum absolute atomic E-state index is 12.7. The Labute approximate surface area is 186 Å². The van der Waals surface area contributed by atoms with Gasteiger partial charge >= 0.3 is 0 Å². The molecule has 3 aromatic rings. The van der Waals surface area contributed by atoms with Gasteiger partial charge in [-0.05, 0) is 12.0 Å². The molecule has 2 aromatic carbocycles. The monoisotopic (exact) mass is 438 g/mol. The summed E-state index contributed by atoms with van der Waals surface area (Å²) >= 11 is 0. The zero-order valence-electron chi connectivity index (χ0n) is 18.0. The molecule has 32 heavy (non-hydrogen) atoms. The number of unbranched alkanes of at least 4 members (excludes halogenated alkanes) is 1. The lowest BCUT2D eigenvalue weighted by Gasteiger charge is -2.21. The Morgan fingerprint density at radius 1 is 1.16 bits per heavy atom. The third-order valence-electron chi connectivity index (χ3n) is 4.85. The fourth-order valence-electron chi connectivity index (χ4n) is 3.09. The summed E-state index contributed by atoms with van der Waals surface area (Å²) in [5, 5.41) is 14.9. The van der Waals surface area contributed by atoms with Gasteiger partial charge in [0.15, 0.2) is 0 Å². The van der Waals surface area contributed by atoms with Crippen molar-refractivity contribution < 1.29 is 19.0 Å². The van der Waals surface area contributed by atoms with Crippen molar-refractivity contribution in [1.82, 2.24) is 15.0 Å². The quantitative estimate of drug-likeness (QED) is 0.310. The molecule has 1 amide bonds. The molecule has 168 valence electrons. The first-order valence-electron chi connectivity index (χ1n) is 10.5. The van der Waals surface area contributed by atoms with E-state index >= 15 is 0 Å². The van der Waals surface area contributed by atoms with Crippen molar-refractivity contribution >= 4 is 11.6 Å². The molecule has 0 saturated carbocycles. The normalized spacial score (nSPS) is 10.8. The second-order valence-corrected chi connectivity index (χ2v) is 7.28. The molecule has 0 unspecified atom stereocenters. The zero-order chi connectivity index (χ0) is 22.8. The van der Waals surface area contributed by atoms with E-state index in [1.165, 1.54) is 12.1 Å². The van der Waals surface area contributed by atoms with Gasteiger partial charge in [0, 0.05) is 37.2 Å². The molecule has 0 N–H and O–H groups in total. The SMILES string of the molecule is CCCCN(CCc1nc(-c2cccc([N+](=O)[O-])c2)no1)C(=O)COCc1ccccc1. The summed E-state index contributed by atoms with van der Waals surface area (Å²) in [7, 11) is 0. The molecular formula is C23H26N4O5. The molecule has 1 aromatic heterocycles.